The van der Waals surface area contributed by atoms with Crippen LogP contribution in [-0.2, 0) is 17.8 Å². The maximum absolute atomic E-state index is 12.1. The fraction of sp³-hybridized carbons (Fsp3) is 0.267. The third kappa shape index (κ3) is 4.25. The molecule has 0 aliphatic carbocycles. The van der Waals surface area contributed by atoms with Crippen molar-refractivity contribution in [3.8, 4) is 0 Å². The van der Waals surface area contributed by atoms with Crippen LogP contribution in [0.15, 0.2) is 35.7 Å². The fourth-order valence-corrected chi connectivity index (χ4v) is 2.77. The summed E-state index contributed by atoms with van der Waals surface area (Å²) in [7, 11) is 1.85. The Morgan fingerprint density at radius 3 is 2.45 bits per heavy atom. The van der Waals surface area contributed by atoms with E-state index in [1.807, 2.05) is 31.3 Å². The van der Waals surface area contributed by atoms with E-state index in [0.717, 1.165) is 11.3 Å². The van der Waals surface area contributed by atoms with Crippen LogP contribution in [0.25, 0.3) is 0 Å². The zero-order valence-corrected chi connectivity index (χ0v) is 13.3. The molecule has 1 heterocycles. The van der Waals surface area contributed by atoms with Gasteiger partial charge in [0.1, 0.15) is 0 Å². The van der Waals surface area contributed by atoms with E-state index in [-0.39, 0.29) is 18.3 Å². The Morgan fingerprint density at radius 2 is 1.90 bits per heavy atom. The van der Waals surface area contributed by atoms with Crippen LogP contribution >= 0.6 is 23.7 Å². The molecule has 0 radical (unpaired) electrons. The van der Waals surface area contributed by atoms with E-state index in [1.165, 1.54) is 10.4 Å². The molecule has 0 spiro atoms. The summed E-state index contributed by atoms with van der Waals surface area (Å²) in [5.74, 6) is 0.123. The van der Waals surface area contributed by atoms with Gasteiger partial charge in [0.05, 0.1) is 13.0 Å². The number of nitrogens with zero attached hydrogens (tertiary/aromatic N) is 1. The summed E-state index contributed by atoms with van der Waals surface area (Å²) < 4.78 is 0. The molecule has 0 saturated carbocycles. The third-order valence-corrected chi connectivity index (χ3v) is 4.12. The summed E-state index contributed by atoms with van der Waals surface area (Å²) in [6, 6.07) is 9.53. The SMILES string of the molecule is Cc1ccsc1CN(C)C(=O)Cc1ccc(N)cc1.Cl. The van der Waals surface area contributed by atoms with Gasteiger partial charge in [-0.3, -0.25) is 4.79 Å². The average molecular weight is 311 g/mol. The number of carbonyl (C=O) groups excluding carboxylic acids is 1. The quantitative estimate of drug-likeness (QED) is 0.881. The smallest absolute Gasteiger partial charge is 0.227 e. The van der Waals surface area contributed by atoms with Gasteiger partial charge in [-0.15, -0.1) is 23.7 Å². The maximum atomic E-state index is 12.1. The number of amides is 1. The molecule has 3 nitrogen and oxygen atoms in total. The molecule has 1 amide bonds. The Morgan fingerprint density at radius 1 is 1.25 bits per heavy atom. The summed E-state index contributed by atoms with van der Waals surface area (Å²) in [6.45, 7) is 2.75. The first-order valence-corrected chi connectivity index (χ1v) is 7.05. The van der Waals surface area contributed by atoms with Crippen molar-refractivity contribution in [2.75, 3.05) is 12.8 Å². The largest absolute Gasteiger partial charge is 0.399 e. The number of rotatable bonds is 4. The monoisotopic (exact) mass is 310 g/mol. The van der Waals surface area contributed by atoms with Crippen LogP contribution in [0.5, 0.6) is 0 Å². The lowest BCUT2D eigenvalue weighted by Crippen LogP contribution is -2.27. The molecule has 2 rings (SSSR count). The van der Waals surface area contributed by atoms with Gasteiger partial charge in [-0.2, -0.15) is 0 Å². The van der Waals surface area contributed by atoms with Crippen molar-refractivity contribution in [3.05, 3.63) is 51.7 Å². The van der Waals surface area contributed by atoms with Gasteiger partial charge in [0.2, 0.25) is 5.91 Å². The van der Waals surface area contributed by atoms with Gasteiger partial charge >= 0.3 is 0 Å². The number of nitrogen functional groups attached to an aromatic ring is 1. The minimum absolute atomic E-state index is 0. The van der Waals surface area contributed by atoms with Gasteiger partial charge in [-0.1, -0.05) is 12.1 Å². The first-order valence-electron chi connectivity index (χ1n) is 6.17. The molecule has 0 aliphatic rings. The van der Waals surface area contributed by atoms with Crippen molar-refractivity contribution < 1.29 is 4.79 Å². The summed E-state index contributed by atoms with van der Waals surface area (Å²) in [4.78, 5) is 15.2. The van der Waals surface area contributed by atoms with Crippen molar-refractivity contribution >= 4 is 35.3 Å². The molecule has 108 valence electrons. The zero-order chi connectivity index (χ0) is 13.8. The van der Waals surface area contributed by atoms with Crippen LogP contribution in [0.3, 0.4) is 0 Å². The molecule has 2 aromatic rings. The molecule has 0 saturated heterocycles. The molecule has 0 atom stereocenters. The van der Waals surface area contributed by atoms with Crippen LogP contribution < -0.4 is 5.73 Å². The molecule has 1 aromatic carbocycles. The first-order chi connectivity index (χ1) is 9.06. The van der Waals surface area contributed by atoms with Crippen LogP contribution in [-0.4, -0.2) is 17.9 Å². The number of hydrogen-bond donors (Lipinski definition) is 1. The standard InChI is InChI=1S/C15H18N2OS.ClH/c1-11-7-8-19-14(11)10-17(2)15(18)9-12-3-5-13(16)6-4-12;/h3-8H,9-10,16H2,1-2H3;1H. The Balaban J connectivity index is 0.00000200. The molecular weight excluding hydrogens is 292 g/mol. The van der Waals surface area contributed by atoms with Crippen LogP contribution in [0.4, 0.5) is 5.69 Å². The lowest BCUT2D eigenvalue weighted by Gasteiger charge is -2.17. The molecule has 0 fully saturated rings. The molecule has 2 N–H and O–H groups in total. The van der Waals surface area contributed by atoms with Gasteiger partial charge in [-0.25, -0.2) is 0 Å². The van der Waals surface area contributed by atoms with Gasteiger partial charge in [0, 0.05) is 17.6 Å². The minimum atomic E-state index is 0. The minimum Gasteiger partial charge on any atom is -0.399 e. The highest BCUT2D eigenvalue weighted by Gasteiger charge is 2.11. The van der Waals surface area contributed by atoms with Crippen LogP contribution in [0.1, 0.15) is 16.0 Å². The second kappa shape index (κ2) is 7.31. The summed E-state index contributed by atoms with van der Waals surface area (Å²) >= 11 is 1.69. The van der Waals surface area contributed by atoms with Gasteiger partial charge in [0.25, 0.3) is 0 Å². The topological polar surface area (TPSA) is 46.3 Å². The second-order valence-corrected chi connectivity index (χ2v) is 5.70. The fourth-order valence-electron chi connectivity index (χ4n) is 1.81. The molecule has 0 unspecified atom stereocenters. The number of likely N-dealkylation sites (N-methyl/N-ethyl adjacent to an activating group) is 1. The predicted octanol–water partition coefficient (Wildman–Crippen LogP) is 3.26. The van der Waals surface area contributed by atoms with Gasteiger partial charge in [0.15, 0.2) is 0 Å². The lowest BCUT2D eigenvalue weighted by atomic mass is 10.1. The Labute approximate surface area is 129 Å². The van der Waals surface area contributed by atoms with Crippen molar-refractivity contribution in [2.24, 2.45) is 0 Å². The first kappa shape index (κ1) is 16.5. The van der Waals surface area contributed by atoms with E-state index < -0.39 is 0 Å². The number of nitrogens with two attached hydrogens (primary N) is 1. The van der Waals surface area contributed by atoms with Gasteiger partial charge in [-0.05, 0) is 41.6 Å². The molecule has 0 aliphatic heterocycles. The summed E-state index contributed by atoms with van der Waals surface area (Å²) in [5.41, 5.74) is 8.59. The summed E-state index contributed by atoms with van der Waals surface area (Å²) in [5, 5.41) is 2.06. The Bertz CT molecular complexity index is 566. The predicted molar refractivity (Wildman–Crippen MR) is 87.3 cm³/mol. The second-order valence-electron chi connectivity index (χ2n) is 4.69. The highest BCUT2D eigenvalue weighted by molar-refractivity contribution is 7.10. The molecule has 0 bridgehead atoms. The molecule has 5 heteroatoms. The van der Waals surface area contributed by atoms with E-state index in [2.05, 4.69) is 18.4 Å². The Kier molecular flexibility index (Phi) is 6.05. The van der Waals surface area contributed by atoms with E-state index >= 15 is 0 Å². The molecule has 20 heavy (non-hydrogen) atoms. The molecular formula is C15H19ClN2OS. The number of aryl methyl sites for hydroxylation is 1. The lowest BCUT2D eigenvalue weighted by molar-refractivity contribution is -0.129. The van der Waals surface area contributed by atoms with Crippen molar-refractivity contribution in [2.45, 2.75) is 19.9 Å². The van der Waals surface area contributed by atoms with E-state index in [0.29, 0.717) is 13.0 Å². The van der Waals surface area contributed by atoms with Crippen molar-refractivity contribution in [1.29, 1.82) is 0 Å². The number of benzene rings is 1. The van der Waals surface area contributed by atoms with Crippen LogP contribution in [0.2, 0.25) is 0 Å². The summed E-state index contributed by atoms with van der Waals surface area (Å²) in [6.07, 6.45) is 0.418. The molecule has 1 aromatic heterocycles. The zero-order valence-electron chi connectivity index (χ0n) is 11.6. The third-order valence-electron chi connectivity index (χ3n) is 3.11. The van der Waals surface area contributed by atoms with Crippen molar-refractivity contribution in [1.82, 2.24) is 4.90 Å². The average Bonchev–Trinajstić information content (AvgIpc) is 2.78. The van der Waals surface area contributed by atoms with Crippen molar-refractivity contribution in [3.63, 3.8) is 0 Å². The van der Waals surface area contributed by atoms with E-state index in [1.54, 1.807) is 16.2 Å². The Hall–Kier alpha value is -1.52. The highest BCUT2D eigenvalue weighted by atomic mass is 35.5. The highest BCUT2D eigenvalue weighted by Crippen LogP contribution is 2.17. The van der Waals surface area contributed by atoms with Crippen LogP contribution in [0, 0.1) is 6.92 Å². The number of thiophene rings is 1. The number of carbonyl (C=O) groups is 1. The number of anilines is 1. The van der Waals surface area contributed by atoms with E-state index in [9.17, 15) is 4.79 Å². The van der Waals surface area contributed by atoms with E-state index in [4.69, 9.17) is 5.73 Å². The van der Waals surface area contributed by atoms with Gasteiger partial charge < -0.3 is 10.6 Å². The number of halogens is 1. The number of hydrogen-bond acceptors (Lipinski definition) is 3. The maximum Gasteiger partial charge on any atom is 0.227 e. The normalized spacial score (nSPS) is 9.90.